The molecule has 0 aliphatic carbocycles. The van der Waals surface area contributed by atoms with E-state index in [4.69, 9.17) is 4.74 Å². The summed E-state index contributed by atoms with van der Waals surface area (Å²) in [5.74, 6) is -0.499. The highest BCUT2D eigenvalue weighted by molar-refractivity contribution is 6.11. The average Bonchev–Trinajstić information content (AvgIpc) is 3.16. The van der Waals surface area contributed by atoms with Gasteiger partial charge in [0.15, 0.2) is 0 Å². The van der Waals surface area contributed by atoms with Gasteiger partial charge in [-0.15, -0.1) is 0 Å². The molecule has 0 saturated carbocycles. The summed E-state index contributed by atoms with van der Waals surface area (Å²) in [7, 11) is 0. The Morgan fingerprint density at radius 3 is 2.71 bits per heavy atom. The number of nitrogens with zero attached hydrogens (tertiary/aromatic N) is 3. The lowest BCUT2D eigenvalue weighted by Crippen LogP contribution is -2.64. The summed E-state index contributed by atoms with van der Waals surface area (Å²) in [6, 6.07) is 17.4. The van der Waals surface area contributed by atoms with Gasteiger partial charge in [0.05, 0.1) is 24.0 Å². The molecule has 1 N–H and O–H groups in total. The van der Waals surface area contributed by atoms with Gasteiger partial charge in [-0.05, 0) is 31.0 Å². The van der Waals surface area contributed by atoms with Crippen LogP contribution in [0.3, 0.4) is 0 Å². The molecule has 178 valence electrons. The molecule has 8 heteroatoms. The maximum atomic E-state index is 13.3. The van der Waals surface area contributed by atoms with Crippen LogP contribution < -0.4 is 10.2 Å². The number of hydrogen-bond donors (Lipinski definition) is 1. The number of rotatable bonds is 6. The van der Waals surface area contributed by atoms with Crippen molar-refractivity contribution in [2.75, 3.05) is 37.7 Å². The van der Waals surface area contributed by atoms with Crippen LogP contribution in [0, 0.1) is 0 Å². The molecule has 0 spiro atoms. The number of amides is 3. The van der Waals surface area contributed by atoms with Crippen LogP contribution in [-0.2, 0) is 20.9 Å². The Labute approximate surface area is 199 Å². The van der Waals surface area contributed by atoms with Crippen molar-refractivity contribution in [1.29, 1.82) is 0 Å². The molecule has 8 nitrogen and oxygen atoms in total. The lowest BCUT2D eigenvalue weighted by molar-refractivity contribution is -0.125. The summed E-state index contributed by atoms with van der Waals surface area (Å²) in [6.45, 7) is 5.18. The molecule has 2 fully saturated rings. The number of carbonyl (C=O) groups is 3. The van der Waals surface area contributed by atoms with Gasteiger partial charge < -0.3 is 15.0 Å². The van der Waals surface area contributed by atoms with E-state index in [0.29, 0.717) is 37.2 Å². The quantitative estimate of drug-likeness (QED) is 0.710. The maximum absolute atomic E-state index is 13.3. The minimum absolute atomic E-state index is 0.0260. The molecule has 0 radical (unpaired) electrons. The number of ether oxygens (including phenoxy) is 1. The molecule has 34 heavy (non-hydrogen) atoms. The fourth-order valence-electron chi connectivity index (χ4n) is 5.26. The minimum atomic E-state index is -0.840. The summed E-state index contributed by atoms with van der Waals surface area (Å²) >= 11 is 0. The molecule has 2 unspecified atom stereocenters. The lowest BCUT2D eigenvalue weighted by atomic mass is 9.98. The first-order valence-corrected chi connectivity index (χ1v) is 11.8. The zero-order valence-electron chi connectivity index (χ0n) is 19.4. The topological polar surface area (TPSA) is 82.2 Å². The normalized spacial score (nSPS) is 24.7. The fourth-order valence-corrected chi connectivity index (χ4v) is 5.26. The third kappa shape index (κ3) is 4.19. The predicted molar refractivity (Wildman–Crippen MR) is 127 cm³/mol. The van der Waals surface area contributed by atoms with Crippen LogP contribution in [0.15, 0.2) is 54.6 Å². The second kappa shape index (κ2) is 9.19. The molecule has 2 saturated heterocycles. The SMILES string of the molecule is CC12CCC(=O)N1c1ccccc1C(=O)N2CC(=O)NCC1CN(Cc2ccccc2)CCO1. The number of carbonyl (C=O) groups excluding carboxylic acids is 3. The van der Waals surface area contributed by atoms with Crippen molar-refractivity contribution in [1.82, 2.24) is 15.1 Å². The third-order valence-corrected chi connectivity index (χ3v) is 7.05. The number of morpholine rings is 1. The van der Waals surface area contributed by atoms with Crippen LogP contribution in [0.1, 0.15) is 35.7 Å². The lowest BCUT2D eigenvalue weighted by Gasteiger charge is -2.48. The van der Waals surface area contributed by atoms with Crippen molar-refractivity contribution in [2.45, 2.75) is 38.1 Å². The first kappa shape index (κ1) is 22.6. The Morgan fingerprint density at radius 1 is 1.12 bits per heavy atom. The number of anilines is 1. The monoisotopic (exact) mass is 462 g/mol. The molecule has 3 aliphatic rings. The Morgan fingerprint density at radius 2 is 1.88 bits per heavy atom. The molecular weight excluding hydrogens is 432 g/mol. The van der Waals surface area contributed by atoms with E-state index in [2.05, 4.69) is 22.3 Å². The van der Waals surface area contributed by atoms with Crippen LogP contribution >= 0.6 is 0 Å². The number of benzene rings is 2. The molecule has 3 aliphatic heterocycles. The number of hydrogen-bond acceptors (Lipinski definition) is 5. The summed E-state index contributed by atoms with van der Waals surface area (Å²) in [5, 5.41) is 2.95. The zero-order valence-corrected chi connectivity index (χ0v) is 19.4. The Kier molecular flexibility index (Phi) is 6.10. The summed E-state index contributed by atoms with van der Waals surface area (Å²) < 4.78 is 5.87. The highest BCUT2D eigenvalue weighted by Crippen LogP contribution is 2.43. The highest BCUT2D eigenvalue weighted by Gasteiger charge is 2.53. The molecule has 5 rings (SSSR count). The van der Waals surface area contributed by atoms with Gasteiger partial charge in [-0.25, -0.2) is 0 Å². The smallest absolute Gasteiger partial charge is 0.258 e. The zero-order chi connectivity index (χ0) is 23.7. The van der Waals surface area contributed by atoms with E-state index in [1.54, 1.807) is 28.0 Å². The van der Waals surface area contributed by atoms with Gasteiger partial charge in [0, 0.05) is 32.6 Å². The van der Waals surface area contributed by atoms with Crippen LogP contribution in [0.5, 0.6) is 0 Å². The van der Waals surface area contributed by atoms with E-state index in [1.807, 2.05) is 31.2 Å². The molecule has 0 bridgehead atoms. The van der Waals surface area contributed by atoms with Crippen LogP contribution in [0.4, 0.5) is 5.69 Å². The first-order valence-electron chi connectivity index (χ1n) is 11.8. The van der Waals surface area contributed by atoms with Gasteiger partial charge in [0.25, 0.3) is 5.91 Å². The largest absolute Gasteiger partial charge is 0.374 e. The number of para-hydroxylation sites is 1. The highest BCUT2D eigenvalue weighted by atomic mass is 16.5. The molecule has 3 heterocycles. The molecule has 2 atom stereocenters. The summed E-state index contributed by atoms with van der Waals surface area (Å²) in [5.41, 5.74) is 1.49. The van der Waals surface area contributed by atoms with Crippen LogP contribution in [0.25, 0.3) is 0 Å². The van der Waals surface area contributed by atoms with Gasteiger partial charge in [0.1, 0.15) is 12.2 Å². The summed E-state index contributed by atoms with van der Waals surface area (Å²) in [4.78, 5) is 44.4. The van der Waals surface area contributed by atoms with Gasteiger partial charge >= 0.3 is 0 Å². The Bertz CT molecular complexity index is 1090. The third-order valence-electron chi connectivity index (χ3n) is 7.05. The molecular formula is C26H30N4O4. The Balaban J connectivity index is 1.21. The van der Waals surface area contributed by atoms with E-state index in [9.17, 15) is 14.4 Å². The number of nitrogens with one attached hydrogen (secondary N) is 1. The summed E-state index contributed by atoms with van der Waals surface area (Å²) in [6.07, 6.45) is 0.738. The average molecular weight is 463 g/mol. The molecule has 3 amide bonds. The maximum Gasteiger partial charge on any atom is 0.258 e. The van der Waals surface area contributed by atoms with E-state index < -0.39 is 5.66 Å². The first-order chi connectivity index (χ1) is 16.5. The van der Waals surface area contributed by atoms with Gasteiger partial charge in [0.2, 0.25) is 11.8 Å². The van der Waals surface area contributed by atoms with E-state index in [1.165, 1.54) is 5.56 Å². The number of fused-ring (bicyclic) bond motifs is 3. The Hall–Kier alpha value is -3.23. The molecule has 2 aromatic rings. The van der Waals surface area contributed by atoms with Crippen LogP contribution in [0.2, 0.25) is 0 Å². The second-order valence-corrected chi connectivity index (χ2v) is 9.37. The standard InChI is InChI=1S/C26H30N4O4/c1-26-12-11-24(32)30(26)22-10-6-5-9-21(22)25(33)29(26)18-23(31)27-15-20-17-28(13-14-34-20)16-19-7-3-2-4-8-19/h2-10,20H,11-18H2,1H3,(H,27,31). The molecule has 0 aromatic heterocycles. The van der Waals surface area contributed by atoms with Crippen LogP contribution in [-0.4, -0.2) is 72.1 Å². The van der Waals surface area contributed by atoms with Crippen molar-refractivity contribution in [2.24, 2.45) is 0 Å². The van der Waals surface area contributed by atoms with E-state index in [-0.39, 0.29) is 30.4 Å². The van der Waals surface area contributed by atoms with Crippen molar-refractivity contribution in [3.63, 3.8) is 0 Å². The van der Waals surface area contributed by atoms with E-state index in [0.717, 1.165) is 19.6 Å². The van der Waals surface area contributed by atoms with Crippen molar-refractivity contribution in [3.05, 3.63) is 65.7 Å². The van der Waals surface area contributed by atoms with E-state index >= 15 is 0 Å². The minimum Gasteiger partial charge on any atom is -0.374 e. The van der Waals surface area contributed by atoms with Crippen molar-refractivity contribution < 1.29 is 19.1 Å². The fraction of sp³-hybridized carbons (Fsp3) is 0.423. The van der Waals surface area contributed by atoms with Crippen molar-refractivity contribution >= 4 is 23.4 Å². The van der Waals surface area contributed by atoms with Gasteiger partial charge in [-0.3, -0.25) is 24.2 Å². The second-order valence-electron chi connectivity index (χ2n) is 9.37. The van der Waals surface area contributed by atoms with Gasteiger partial charge in [-0.2, -0.15) is 0 Å². The van der Waals surface area contributed by atoms with Crippen molar-refractivity contribution in [3.8, 4) is 0 Å². The van der Waals surface area contributed by atoms with Gasteiger partial charge in [-0.1, -0.05) is 42.5 Å². The molecule has 2 aromatic carbocycles. The predicted octanol–water partition coefficient (Wildman–Crippen LogP) is 2.00.